The highest BCUT2D eigenvalue weighted by Gasteiger charge is 2.83. The lowest BCUT2D eigenvalue weighted by molar-refractivity contribution is -0.237. The summed E-state index contributed by atoms with van der Waals surface area (Å²) in [6, 6.07) is 4.60. The summed E-state index contributed by atoms with van der Waals surface area (Å²) in [6.45, 7) is 7.33. The van der Waals surface area contributed by atoms with Crippen LogP contribution < -0.4 is 4.74 Å². The highest BCUT2D eigenvalue weighted by atomic mass is 16.6. The van der Waals surface area contributed by atoms with E-state index in [4.69, 9.17) is 9.47 Å². The fourth-order valence-electron chi connectivity index (χ4n) is 10.1. The highest BCUT2D eigenvalue weighted by Crippen LogP contribution is 2.79. The summed E-state index contributed by atoms with van der Waals surface area (Å²) < 4.78 is 13.4. The zero-order valence-electron chi connectivity index (χ0n) is 19.6. The van der Waals surface area contributed by atoms with Gasteiger partial charge in [0.05, 0.1) is 5.41 Å². The van der Waals surface area contributed by atoms with E-state index in [1.807, 2.05) is 13.2 Å². The summed E-state index contributed by atoms with van der Waals surface area (Å²) in [5, 5.41) is 10.9. The Morgan fingerprint density at radius 3 is 2.75 bits per heavy atom. The Morgan fingerprint density at radius 2 is 1.97 bits per heavy atom. The summed E-state index contributed by atoms with van der Waals surface area (Å²) in [5.74, 6) is 3.08. The van der Waals surface area contributed by atoms with E-state index in [1.54, 1.807) is 0 Å². The molecule has 2 heterocycles. The fourth-order valence-corrected chi connectivity index (χ4v) is 10.1. The molecule has 6 aliphatic carbocycles. The van der Waals surface area contributed by atoms with Crippen molar-refractivity contribution in [2.45, 2.75) is 75.5 Å². The van der Waals surface area contributed by atoms with Gasteiger partial charge < -0.3 is 14.6 Å². The van der Waals surface area contributed by atoms with Crippen LogP contribution in [0.5, 0.6) is 11.5 Å². The molecule has 32 heavy (non-hydrogen) atoms. The minimum atomic E-state index is -0.399. The summed E-state index contributed by atoms with van der Waals surface area (Å²) in [5.41, 5.74) is 2.69. The van der Waals surface area contributed by atoms with E-state index >= 15 is 0 Å². The quantitative estimate of drug-likeness (QED) is 0.716. The second kappa shape index (κ2) is 5.41. The maximum Gasteiger partial charge on any atom is 0.165 e. The number of hydrogen-bond acceptors (Lipinski definition) is 4. The molecule has 3 saturated carbocycles. The minimum Gasteiger partial charge on any atom is -0.504 e. The van der Waals surface area contributed by atoms with Crippen LogP contribution in [0.2, 0.25) is 0 Å². The van der Waals surface area contributed by atoms with E-state index in [1.165, 1.54) is 43.4 Å². The standard InChI is InChI=1S/C28H35NO3/c1-25(2)13-18-19(14-25)28(31-3)9-8-26(18)21-12-17-6-7-20(30)23-22(17)27(26,24(28)32-23)10-11-29(21)15-16-4-5-16/h6-9,16,18-19,21,24,30H,4-5,10-15H2,1-3H3/t18-,19+,21?,24-,26-,27+,28-/m1/s1. The van der Waals surface area contributed by atoms with Gasteiger partial charge in [-0.1, -0.05) is 32.1 Å². The molecule has 0 radical (unpaired) electrons. The first kappa shape index (κ1) is 18.9. The Morgan fingerprint density at radius 1 is 1.16 bits per heavy atom. The van der Waals surface area contributed by atoms with Gasteiger partial charge >= 0.3 is 0 Å². The molecule has 7 atom stereocenters. The van der Waals surface area contributed by atoms with Crippen LogP contribution in [0.15, 0.2) is 24.3 Å². The van der Waals surface area contributed by atoms with Crippen molar-refractivity contribution in [2.75, 3.05) is 20.2 Å². The molecular formula is C28H35NO3. The maximum atomic E-state index is 10.9. The van der Waals surface area contributed by atoms with Crippen LogP contribution in [0.4, 0.5) is 0 Å². The molecule has 2 spiro atoms. The van der Waals surface area contributed by atoms with Crippen molar-refractivity contribution in [3.63, 3.8) is 0 Å². The average Bonchev–Trinajstić information content (AvgIpc) is 3.40. The van der Waals surface area contributed by atoms with Gasteiger partial charge in [0, 0.05) is 30.7 Å². The number of methoxy groups -OCH3 is 1. The number of nitrogens with zero attached hydrogens (tertiary/aromatic N) is 1. The van der Waals surface area contributed by atoms with Crippen molar-refractivity contribution in [1.29, 1.82) is 0 Å². The Labute approximate surface area is 191 Å². The third kappa shape index (κ3) is 1.79. The van der Waals surface area contributed by atoms with E-state index in [-0.39, 0.29) is 16.9 Å². The van der Waals surface area contributed by atoms with E-state index in [0.29, 0.717) is 29.0 Å². The van der Waals surface area contributed by atoms with Crippen LogP contribution in [-0.4, -0.2) is 48.0 Å². The fraction of sp³-hybridized carbons (Fsp3) is 0.714. The molecule has 1 aromatic rings. The molecular weight excluding hydrogens is 398 g/mol. The van der Waals surface area contributed by atoms with Crippen molar-refractivity contribution in [3.05, 3.63) is 35.4 Å². The van der Waals surface area contributed by atoms with Gasteiger partial charge in [0.1, 0.15) is 11.7 Å². The zero-order valence-corrected chi connectivity index (χ0v) is 19.6. The van der Waals surface area contributed by atoms with Crippen molar-refractivity contribution < 1.29 is 14.6 Å². The van der Waals surface area contributed by atoms with Gasteiger partial charge in [-0.15, -0.1) is 0 Å². The smallest absolute Gasteiger partial charge is 0.165 e. The molecule has 2 aliphatic heterocycles. The highest BCUT2D eigenvalue weighted by molar-refractivity contribution is 5.65. The SMILES string of the molecule is CO[C@@]12C=C[C@]3(C4Cc5ccc(O)c6c5[C@@]3(CCN4CC3CC3)[C@H]1O6)[C@@H]1CC(C)(C)C[C@@H]12. The molecule has 0 amide bonds. The number of rotatable bonds is 3. The largest absolute Gasteiger partial charge is 0.504 e. The third-order valence-electron chi connectivity index (χ3n) is 11.1. The third-order valence-corrected chi connectivity index (χ3v) is 11.1. The molecule has 4 heteroatoms. The number of hydrogen-bond donors (Lipinski definition) is 1. The normalized spacial score (nSPS) is 48.5. The van der Waals surface area contributed by atoms with Crippen LogP contribution in [0.3, 0.4) is 0 Å². The molecule has 1 unspecified atom stereocenters. The zero-order chi connectivity index (χ0) is 21.7. The molecule has 1 saturated heterocycles. The first-order valence-electron chi connectivity index (χ1n) is 12.9. The molecule has 1 N–H and O–H groups in total. The Bertz CT molecular complexity index is 1070. The summed E-state index contributed by atoms with van der Waals surface area (Å²) in [6.07, 6.45) is 12.5. The van der Waals surface area contributed by atoms with Gasteiger partial charge in [0.2, 0.25) is 0 Å². The van der Waals surface area contributed by atoms with Crippen LogP contribution in [0.25, 0.3) is 0 Å². The summed E-state index contributed by atoms with van der Waals surface area (Å²) >= 11 is 0. The van der Waals surface area contributed by atoms with E-state index < -0.39 is 5.60 Å². The number of phenols is 1. The topological polar surface area (TPSA) is 41.9 Å². The van der Waals surface area contributed by atoms with Crippen LogP contribution in [0, 0.1) is 28.6 Å². The van der Waals surface area contributed by atoms with Crippen molar-refractivity contribution in [1.82, 2.24) is 4.90 Å². The molecule has 4 nitrogen and oxygen atoms in total. The van der Waals surface area contributed by atoms with Gasteiger partial charge in [-0.3, -0.25) is 4.90 Å². The number of benzene rings is 1. The summed E-state index contributed by atoms with van der Waals surface area (Å²) in [7, 11) is 1.90. The number of aromatic hydroxyl groups is 1. The molecule has 0 aromatic heterocycles. The molecule has 4 bridgehead atoms. The van der Waals surface area contributed by atoms with Gasteiger partial charge in [0.15, 0.2) is 11.5 Å². The predicted octanol–water partition coefficient (Wildman–Crippen LogP) is 4.44. The number of piperidine rings is 1. The second-order valence-corrected chi connectivity index (χ2v) is 12.9. The van der Waals surface area contributed by atoms with E-state index in [2.05, 4.69) is 37.0 Å². The van der Waals surface area contributed by atoms with Gasteiger partial charge in [-0.2, -0.15) is 0 Å². The van der Waals surface area contributed by atoms with Crippen LogP contribution in [-0.2, 0) is 16.6 Å². The lowest BCUT2D eigenvalue weighted by Gasteiger charge is -2.73. The molecule has 4 fully saturated rings. The average molecular weight is 434 g/mol. The maximum absolute atomic E-state index is 10.9. The predicted molar refractivity (Wildman–Crippen MR) is 122 cm³/mol. The molecule has 9 rings (SSSR count). The van der Waals surface area contributed by atoms with Gasteiger partial charge in [-0.25, -0.2) is 0 Å². The number of phenolic OH excluding ortho intramolecular Hbond substituents is 1. The van der Waals surface area contributed by atoms with Crippen LogP contribution in [0.1, 0.15) is 57.1 Å². The Hall–Kier alpha value is -1.52. The summed E-state index contributed by atoms with van der Waals surface area (Å²) in [4.78, 5) is 2.88. The van der Waals surface area contributed by atoms with E-state index in [9.17, 15) is 5.11 Å². The number of likely N-dealkylation sites (tertiary alicyclic amines) is 1. The lowest BCUT2D eigenvalue weighted by atomic mass is 9.34. The first-order valence-corrected chi connectivity index (χ1v) is 12.9. The first-order chi connectivity index (χ1) is 15.4. The molecule has 8 aliphatic rings. The monoisotopic (exact) mass is 433 g/mol. The lowest BCUT2D eigenvalue weighted by Crippen LogP contribution is -2.81. The van der Waals surface area contributed by atoms with Gasteiger partial charge in [-0.05, 0) is 79.9 Å². The van der Waals surface area contributed by atoms with Crippen LogP contribution >= 0.6 is 0 Å². The second-order valence-electron chi connectivity index (χ2n) is 12.9. The van der Waals surface area contributed by atoms with Crippen molar-refractivity contribution in [3.8, 4) is 11.5 Å². The van der Waals surface area contributed by atoms with Crippen molar-refractivity contribution in [2.24, 2.45) is 28.6 Å². The van der Waals surface area contributed by atoms with E-state index in [0.717, 1.165) is 31.1 Å². The Kier molecular flexibility index (Phi) is 3.19. The Balaban J connectivity index is 1.44. The number of ether oxygens (including phenoxy) is 2. The minimum absolute atomic E-state index is 0.0342. The van der Waals surface area contributed by atoms with Crippen molar-refractivity contribution >= 4 is 0 Å². The molecule has 170 valence electrons. The van der Waals surface area contributed by atoms with Gasteiger partial charge in [0.25, 0.3) is 0 Å². The molecule has 1 aromatic carbocycles.